The summed E-state index contributed by atoms with van der Waals surface area (Å²) in [5.74, 6) is 0.213. The number of aryl methyl sites for hydroxylation is 1. The number of aromatic nitrogens is 7. The molecular weight excluding hydrogens is 188 g/mol. The van der Waals surface area contributed by atoms with Gasteiger partial charge in [-0.05, 0) is 5.21 Å². The largest absolute Gasteiger partial charge is 0.368 e. The van der Waals surface area contributed by atoms with Crippen molar-refractivity contribution in [2.45, 2.75) is 0 Å². The number of nitrogens with one attached hydrogen (secondary N) is 1. The predicted molar refractivity (Wildman–Crippen MR) is 44.9 cm³/mol. The Balaban J connectivity index is 2.56. The molecule has 0 fully saturated rings. The van der Waals surface area contributed by atoms with Gasteiger partial charge in [0.25, 0.3) is 0 Å². The van der Waals surface area contributed by atoms with E-state index in [9.17, 15) is 4.79 Å². The minimum absolute atomic E-state index is 0.129. The van der Waals surface area contributed by atoms with E-state index < -0.39 is 5.69 Å². The average molecular weight is 194 g/mol. The van der Waals surface area contributed by atoms with Crippen LogP contribution in [0.2, 0.25) is 0 Å². The summed E-state index contributed by atoms with van der Waals surface area (Å²) < 4.78 is 0. The van der Waals surface area contributed by atoms with E-state index >= 15 is 0 Å². The Morgan fingerprint density at radius 2 is 2.21 bits per heavy atom. The Bertz CT molecular complexity index is 512. The molecule has 72 valence electrons. The van der Waals surface area contributed by atoms with Crippen LogP contribution in [0.4, 0.5) is 5.95 Å². The average Bonchev–Trinajstić information content (AvgIpc) is 2.50. The molecule has 3 N–H and O–H groups in total. The Kier molecular flexibility index (Phi) is 1.70. The van der Waals surface area contributed by atoms with Crippen LogP contribution in [-0.4, -0.2) is 35.2 Å². The first-order chi connectivity index (χ1) is 6.65. The lowest BCUT2D eigenvalue weighted by molar-refractivity contribution is 0.630. The molecule has 0 aliphatic carbocycles. The van der Waals surface area contributed by atoms with E-state index in [-0.39, 0.29) is 17.6 Å². The van der Waals surface area contributed by atoms with Gasteiger partial charge in [-0.2, -0.15) is 14.8 Å². The second kappa shape index (κ2) is 2.87. The third kappa shape index (κ3) is 1.42. The summed E-state index contributed by atoms with van der Waals surface area (Å²) >= 11 is 0. The molecular formula is C5H6N8O. The van der Waals surface area contributed by atoms with E-state index in [4.69, 9.17) is 5.73 Å². The lowest BCUT2D eigenvalue weighted by Crippen LogP contribution is -2.16. The summed E-state index contributed by atoms with van der Waals surface area (Å²) in [6.45, 7) is 0. The van der Waals surface area contributed by atoms with Gasteiger partial charge < -0.3 is 5.73 Å². The van der Waals surface area contributed by atoms with Crippen molar-refractivity contribution in [3.05, 3.63) is 10.5 Å². The van der Waals surface area contributed by atoms with Gasteiger partial charge in [0.15, 0.2) is 5.82 Å². The summed E-state index contributed by atoms with van der Waals surface area (Å²) in [5, 5.41) is 11.1. The second-order valence-electron chi connectivity index (χ2n) is 2.46. The maximum atomic E-state index is 10.9. The molecule has 9 heteroatoms. The van der Waals surface area contributed by atoms with Gasteiger partial charge in [-0.25, -0.2) is 4.79 Å². The van der Waals surface area contributed by atoms with Crippen LogP contribution in [0, 0.1) is 0 Å². The van der Waals surface area contributed by atoms with Crippen molar-refractivity contribution in [2.75, 3.05) is 5.73 Å². The van der Waals surface area contributed by atoms with Gasteiger partial charge in [0.1, 0.15) is 0 Å². The van der Waals surface area contributed by atoms with Crippen molar-refractivity contribution in [3.8, 4) is 11.6 Å². The first-order valence-corrected chi connectivity index (χ1v) is 3.63. The number of tetrazole rings is 1. The zero-order valence-electron chi connectivity index (χ0n) is 7.17. The fraction of sp³-hybridized carbons (Fsp3) is 0.200. The van der Waals surface area contributed by atoms with E-state index in [1.165, 1.54) is 4.80 Å². The fourth-order valence-corrected chi connectivity index (χ4v) is 0.886. The number of anilines is 1. The third-order valence-corrected chi connectivity index (χ3v) is 1.39. The van der Waals surface area contributed by atoms with E-state index in [2.05, 4.69) is 30.4 Å². The van der Waals surface area contributed by atoms with Gasteiger partial charge in [-0.15, -0.1) is 10.2 Å². The van der Waals surface area contributed by atoms with Gasteiger partial charge in [0, 0.05) is 0 Å². The molecule has 0 spiro atoms. The van der Waals surface area contributed by atoms with Crippen molar-refractivity contribution in [3.63, 3.8) is 0 Å². The van der Waals surface area contributed by atoms with Gasteiger partial charge in [0.05, 0.1) is 7.05 Å². The highest BCUT2D eigenvalue weighted by Crippen LogP contribution is 2.03. The Morgan fingerprint density at radius 3 is 2.79 bits per heavy atom. The summed E-state index contributed by atoms with van der Waals surface area (Å²) in [4.78, 5) is 21.6. The van der Waals surface area contributed by atoms with Crippen LogP contribution in [0.15, 0.2) is 4.79 Å². The molecule has 2 aromatic heterocycles. The normalized spacial score (nSPS) is 10.4. The number of nitrogen functional groups attached to an aromatic ring is 1. The van der Waals surface area contributed by atoms with E-state index in [1.54, 1.807) is 7.05 Å². The first-order valence-electron chi connectivity index (χ1n) is 3.63. The number of aromatic amines is 1. The number of nitrogens with zero attached hydrogens (tertiary/aromatic N) is 6. The highest BCUT2D eigenvalue weighted by Gasteiger charge is 2.08. The molecule has 14 heavy (non-hydrogen) atoms. The summed E-state index contributed by atoms with van der Waals surface area (Å²) in [5.41, 5.74) is 4.68. The van der Waals surface area contributed by atoms with Crippen molar-refractivity contribution < 1.29 is 0 Å². The molecule has 0 bridgehead atoms. The summed E-state index contributed by atoms with van der Waals surface area (Å²) in [6.07, 6.45) is 0. The number of hydrogen-bond acceptors (Lipinski definition) is 7. The van der Waals surface area contributed by atoms with Crippen LogP contribution < -0.4 is 11.4 Å². The van der Waals surface area contributed by atoms with Crippen molar-refractivity contribution >= 4 is 5.95 Å². The molecule has 2 heterocycles. The highest BCUT2D eigenvalue weighted by molar-refractivity contribution is 5.41. The van der Waals surface area contributed by atoms with E-state index in [0.717, 1.165) is 0 Å². The van der Waals surface area contributed by atoms with Crippen LogP contribution in [0.3, 0.4) is 0 Å². The van der Waals surface area contributed by atoms with Crippen LogP contribution >= 0.6 is 0 Å². The smallest absolute Gasteiger partial charge is 0.349 e. The quantitative estimate of drug-likeness (QED) is 0.533. The molecule has 0 saturated carbocycles. The van der Waals surface area contributed by atoms with Gasteiger partial charge in [-0.3, -0.25) is 4.98 Å². The zero-order chi connectivity index (χ0) is 10.1. The van der Waals surface area contributed by atoms with Crippen LogP contribution in [0.1, 0.15) is 0 Å². The lowest BCUT2D eigenvalue weighted by Gasteiger charge is -1.93. The predicted octanol–water partition coefficient (Wildman–Crippen LogP) is -2.06. The van der Waals surface area contributed by atoms with Crippen LogP contribution in [0.5, 0.6) is 0 Å². The minimum atomic E-state index is -0.597. The lowest BCUT2D eigenvalue weighted by atomic mass is 10.6. The van der Waals surface area contributed by atoms with Crippen LogP contribution in [-0.2, 0) is 7.05 Å². The maximum Gasteiger partial charge on any atom is 0.349 e. The maximum absolute atomic E-state index is 10.9. The molecule has 0 atom stereocenters. The second-order valence-corrected chi connectivity index (χ2v) is 2.46. The SMILES string of the molecule is Cn1nnc(-c2nc(N)nc(=O)[nH]2)n1. The van der Waals surface area contributed by atoms with Crippen molar-refractivity contribution in [2.24, 2.45) is 7.05 Å². The van der Waals surface area contributed by atoms with Gasteiger partial charge in [0.2, 0.25) is 11.8 Å². The van der Waals surface area contributed by atoms with Crippen molar-refractivity contribution in [1.29, 1.82) is 0 Å². The molecule has 2 rings (SSSR count). The zero-order valence-corrected chi connectivity index (χ0v) is 7.17. The molecule has 0 unspecified atom stereocenters. The molecule has 0 saturated heterocycles. The van der Waals surface area contributed by atoms with E-state index in [0.29, 0.717) is 0 Å². The fourth-order valence-electron chi connectivity index (χ4n) is 0.886. The highest BCUT2D eigenvalue weighted by atomic mass is 16.1. The molecule has 0 aliphatic rings. The Labute approximate surface area is 77.0 Å². The third-order valence-electron chi connectivity index (χ3n) is 1.39. The van der Waals surface area contributed by atoms with E-state index in [1.807, 2.05) is 0 Å². The molecule has 0 aliphatic heterocycles. The van der Waals surface area contributed by atoms with Crippen molar-refractivity contribution in [1.82, 2.24) is 35.2 Å². The number of H-pyrrole nitrogens is 1. The van der Waals surface area contributed by atoms with Gasteiger partial charge in [-0.1, -0.05) is 0 Å². The molecule has 9 nitrogen and oxygen atoms in total. The summed E-state index contributed by atoms with van der Waals surface area (Å²) in [6, 6.07) is 0. The molecule has 2 aromatic rings. The molecule has 0 amide bonds. The summed E-state index contributed by atoms with van der Waals surface area (Å²) in [7, 11) is 1.60. The van der Waals surface area contributed by atoms with Gasteiger partial charge >= 0.3 is 5.69 Å². The Hall–Kier alpha value is -2.32. The number of hydrogen-bond donors (Lipinski definition) is 2. The molecule has 0 aromatic carbocycles. The first kappa shape index (κ1) is 8.29. The monoisotopic (exact) mass is 194 g/mol. The Morgan fingerprint density at radius 1 is 1.43 bits per heavy atom. The molecule has 0 radical (unpaired) electrons. The number of nitrogens with two attached hydrogens (primary N) is 1. The topological polar surface area (TPSA) is 128 Å². The number of rotatable bonds is 1. The van der Waals surface area contributed by atoms with Crippen LogP contribution in [0.25, 0.3) is 11.6 Å². The minimum Gasteiger partial charge on any atom is -0.368 e. The standard InChI is InChI=1S/C5H6N8O/c1-13-11-3(10-12-13)2-7-4(6)9-5(14)8-2/h1H3,(H3,6,7,8,9,14).